The Bertz CT molecular complexity index is 560. The number of nitrogens with one attached hydrogen (secondary N) is 3. The van der Waals surface area contributed by atoms with Crippen molar-refractivity contribution in [3.05, 3.63) is 36.0 Å². The Labute approximate surface area is 98.2 Å². The van der Waals surface area contributed by atoms with Gasteiger partial charge in [-0.3, -0.25) is 9.59 Å². The van der Waals surface area contributed by atoms with Gasteiger partial charge in [0.25, 0.3) is 5.91 Å². The van der Waals surface area contributed by atoms with Crippen LogP contribution in [-0.4, -0.2) is 30.4 Å². The molecule has 3 N–H and O–H groups in total. The molecule has 0 saturated heterocycles. The smallest absolute Gasteiger partial charge is 0.252 e. The highest BCUT2D eigenvalue weighted by atomic mass is 16.2. The fourth-order valence-corrected chi connectivity index (χ4v) is 1.63. The standard InChI is InChI=1S/C12H13N3O2/c1-13-11(16)7-15-12(17)9-3-2-4-10-8(9)5-6-14-10/h2-6,14H,7H2,1H3,(H,13,16)(H,15,17). The number of benzene rings is 1. The van der Waals surface area contributed by atoms with E-state index in [1.807, 2.05) is 12.1 Å². The van der Waals surface area contributed by atoms with E-state index in [9.17, 15) is 9.59 Å². The highest BCUT2D eigenvalue weighted by Crippen LogP contribution is 2.16. The molecule has 1 aromatic carbocycles. The van der Waals surface area contributed by atoms with Crippen LogP contribution >= 0.6 is 0 Å². The lowest BCUT2D eigenvalue weighted by molar-refractivity contribution is -0.119. The molecule has 1 heterocycles. The summed E-state index contributed by atoms with van der Waals surface area (Å²) < 4.78 is 0. The second-order valence-corrected chi connectivity index (χ2v) is 3.60. The first-order chi connectivity index (χ1) is 8.22. The third-order valence-electron chi connectivity index (χ3n) is 2.53. The zero-order valence-electron chi connectivity index (χ0n) is 9.41. The Hall–Kier alpha value is -2.30. The summed E-state index contributed by atoms with van der Waals surface area (Å²) in [5.41, 5.74) is 1.46. The first kappa shape index (κ1) is 11.2. The molecule has 17 heavy (non-hydrogen) atoms. The van der Waals surface area contributed by atoms with Crippen molar-refractivity contribution in [2.45, 2.75) is 0 Å². The molecule has 0 aliphatic rings. The van der Waals surface area contributed by atoms with Gasteiger partial charge in [-0.25, -0.2) is 0 Å². The number of amides is 2. The van der Waals surface area contributed by atoms with Crippen LogP contribution in [0.4, 0.5) is 0 Å². The van der Waals surface area contributed by atoms with Gasteiger partial charge >= 0.3 is 0 Å². The van der Waals surface area contributed by atoms with Crippen LogP contribution < -0.4 is 10.6 Å². The van der Waals surface area contributed by atoms with Crippen molar-refractivity contribution in [3.63, 3.8) is 0 Å². The van der Waals surface area contributed by atoms with Gasteiger partial charge in [0.05, 0.1) is 6.54 Å². The summed E-state index contributed by atoms with van der Waals surface area (Å²) in [5, 5.41) is 5.86. The fourth-order valence-electron chi connectivity index (χ4n) is 1.63. The van der Waals surface area contributed by atoms with E-state index >= 15 is 0 Å². The molecule has 0 bridgehead atoms. The van der Waals surface area contributed by atoms with E-state index in [0.29, 0.717) is 5.56 Å². The van der Waals surface area contributed by atoms with Gasteiger partial charge in [0.15, 0.2) is 0 Å². The number of likely N-dealkylation sites (N-methyl/N-ethyl adjacent to an activating group) is 1. The van der Waals surface area contributed by atoms with Crippen LogP contribution in [0.15, 0.2) is 30.5 Å². The molecular weight excluding hydrogens is 218 g/mol. The molecule has 0 fully saturated rings. The number of hydrogen-bond donors (Lipinski definition) is 3. The van der Waals surface area contributed by atoms with E-state index in [0.717, 1.165) is 10.9 Å². The topological polar surface area (TPSA) is 74.0 Å². The molecule has 0 aliphatic carbocycles. The average molecular weight is 231 g/mol. The minimum atomic E-state index is -0.251. The molecule has 2 aromatic rings. The number of aromatic nitrogens is 1. The highest BCUT2D eigenvalue weighted by molar-refractivity contribution is 6.07. The second-order valence-electron chi connectivity index (χ2n) is 3.60. The molecule has 5 heteroatoms. The molecular formula is C12H13N3O2. The molecule has 0 aliphatic heterocycles. The second kappa shape index (κ2) is 4.69. The lowest BCUT2D eigenvalue weighted by Gasteiger charge is -2.05. The molecule has 5 nitrogen and oxygen atoms in total. The van der Waals surface area contributed by atoms with E-state index in [-0.39, 0.29) is 18.4 Å². The number of carbonyl (C=O) groups excluding carboxylic acids is 2. The van der Waals surface area contributed by atoms with Crippen molar-refractivity contribution in [2.24, 2.45) is 0 Å². The van der Waals surface area contributed by atoms with Crippen molar-refractivity contribution in [1.82, 2.24) is 15.6 Å². The van der Waals surface area contributed by atoms with Crippen LogP contribution in [0.1, 0.15) is 10.4 Å². The maximum Gasteiger partial charge on any atom is 0.252 e. The number of aromatic amines is 1. The van der Waals surface area contributed by atoms with Gasteiger partial charge in [0, 0.05) is 29.7 Å². The quantitative estimate of drug-likeness (QED) is 0.725. The number of fused-ring (bicyclic) bond motifs is 1. The molecule has 0 atom stereocenters. The van der Waals surface area contributed by atoms with Crippen LogP contribution in [0.2, 0.25) is 0 Å². The largest absolute Gasteiger partial charge is 0.361 e. The Morgan fingerprint density at radius 1 is 1.29 bits per heavy atom. The summed E-state index contributed by atoms with van der Waals surface area (Å²) in [6, 6.07) is 7.26. The Kier molecular flexibility index (Phi) is 3.09. The average Bonchev–Trinajstić information content (AvgIpc) is 2.83. The number of hydrogen-bond acceptors (Lipinski definition) is 2. The molecule has 0 spiro atoms. The maximum atomic E-state index is 11.9. The third-order valence-corrected chi connectivity index (χ3v) is 2.53. The zero-order chi connectivity index (χ0) is 12.3. The van der Waals surface area contributed by atoms with Gasteiger partial charge < -0.3 is 15.6 Å². The molecule has 0 saturated carbocycles. The van der Waals surface area contributed by atoms with Gasteiger partial charge in [0.2, 0.25) is 5.91 Å². The summed E-state index contributed by atoms with van der Waals surface area (Å²) in [6.07, 6.45) is 1.78. The van der Waals surface area contributed by atoms with Crippen LogP contribution in [0.25, 0.3) is 10.9 Å². The van der Waals surface area contributed by atoms with Crippen molar-refractivity contribution in [2.75, 3.05) is 13.6 Å². The lowest BCUT2D eigenvalue weighted by Crippen LogP contribution is -2.35. The van der Waals surface area contributed by atoms with Crippen LogP contribution in [0.3, 0.4) is 0 Å². The van der Waals surface area contributed by atoms with E-state index in [4.69, 9.17) is 0 Å². The van der Waals surface area contributed by atoms with Gasteiger partial charge in [-0.15, -0.1) is 0 Å². The van der Waals surface area contributed by atoms with E-state index in [2.05, 4.69) is 15.6 Å². The maximum absolute atomic E-state index is 11.9. The molecule has 88 valence electrons. The number of H-pyrrole nitrogens is 1. The van der Waals surface area contributed by atoms with Gasteiger partial charge in [-0.05, 0) is 18.2 Å². The molecule has 0 radical (unpaired) electrons. The highest BCUT2D eigenvalue weighted by Gasteiger charge is 2.10. The third kappa shape index (κ3) is 2.28. The molecule has 1 aromatic heterocycles. The number of carbonyl (C=O) groups is 2. The minimum absolute atomic E-state index is 0.0177. The summed E-state index contributed by atoms with van der Waals surface area (Å²) in [7, 11) is 1.53. The van der Waals surface area contributed by atoms with E-state index in [1.165, 1.54) is 7.05 Å². The molecule has 0 unspecified atom stereocenters. The summed E-state index contributed by atoms with van der Waals surface area (Å²) in [4.78, 5) is 25.9. The van der Waals surface area contributed by atoms with E-state index < -0.39 is 0 Å². The van der Waals surface area contributed by atoms with Crippen LogP contribution in [-0.2, 0) is 4.79 Å². The summed E-state index contributed by atoms with van der Waals surface area (Å²) >= 11 is 0. The lowest BCUT2D eigenvalue weighted by atomic mass is 10.1. The van der Waals surface area contributed by atoms with Gasteiger partial charge in [0.1, 0.15) is 0 Å². The SMILES string of the molecule is CNC(=O)CNC(=O)c1cccc2[nH]ccc12. The monoisotopic (exact) mass is 231 g/mol. The first-order valence-corrected chi connectivity index (χ1v) is 5.27. The fraction of sp³-hybridized carbons (Fsp3) is 0.167. The van der Waals surface area contributed by atoms with Crippen molar-refractivity contribution >= 4 is 22.7 Å². The molecule has 2 amide bonds. The zero-order valence-corrected chi connectivity index (χ0v) is 9.41. The number of rotatable bonds is 3. The predicted molar refractivity (Wildman–Crippen MR) is 64.7 cm³/mol. The minimum Gasteiger partial charge on any atom is -0.361 e. The summed E-state index contributed by atoms with van der Waals surface area (Å²) in [6.45, 7) is -0.0177. The van der Waals surface area contributed by atoms with Crippen LogP contribution in [0, 0.1) is 0 Å². The van der Waals surface area contributed by atoms with Crippen molar-refractivity contribution < 1.29 is 9.59 Å². The molecule has 2 rings (SSSR count). The van der Waals surface area contributed by atoms with Crippen molar-refractivity contribution in [1.29, 1.82) is 0 Å². The Morgan fingerprint density at radius 3 is 2.88 bits per heavy atom. The Morgan fingerprint density at radius 2 is 2.12 bits per heavy atom. The van der Waals surface area contributed by atoms with Crippen molar-refractivity contribution in [3.8, 4) is 0 Å². The van der Waals surface area contributed by atoms with E-state index in [1.54, 1.807) is 18.3 Å². The normalized spacial score (nSPS) is 10.2. The van der Waals surface area contributed by atoms with Gasteiger partial charge in [-0.1, -0.05) is 6.07 Å². The van der Waals surface area contributed by atoms with Gasteiger partial charge in [-0.2, -0.15) is 0 Å². The Balaban J connectivity index is 2.19. The summed E-state index contributed by atoms with van der Waals surface area (Å²) in [5.74, 6) is -0.474. The van der Waals surface area contributed by atoms with Crippen LogP contribution in [0.5, 0.6) is 0 Å². The predicted octanol–water partition coefficient (Wildman–Crippen LogP) is 0.644. The first-order valence-electron chi connectivity index (χ1n) is 5.27.